The van der Waals surface area contributed by atoms with Crippen molar-refractivity contribution in [2.45, 2.75) is 6.92 Å². The van der Waals surface area contributed by atoms with Gasteiger partial charge < -0.3 is 5.32 Å². The Hall–Kier alpha value is -3.21. The van der Waals surface area contributed by atoms with E-state index >= 15 is 0 Å². The molecule has 0 fully saturated rings. The molecule has 1 aromatic heterocycles. The van der Waals surface area contributed by atoms with Crippen LogP contribution in [0.15, 0.2) is 65.5 Å². The molecular formula is C19H17N3O2. The number of aromatic nitrogens is 2. The van der Waals surface area contributed by atoms with Crippen LogP contribution in [0.2, 0.25) is 0 Å². The van der Waals surface area contributed by atoms with Gasteiger partial charge in [0.2, 0.25) is 0 Å². The topological polar surface area (TPSA) is 64.0 Å². The third-order valence-corrected chi connectivity index (χ3v) is 3.79. The van der Waals surface area contributed by atoms with Gasteiger partial charge in [-0.3, -0.25) is 9.59 Å². The summed E-state index contributed by atoms with van der Waals surface area (Å²) in [5, 5.41) is 7.09. The third-order valence-electron chi connectivity index (χ3n) is 3.79. The molecule has 0 aliphatic carbocycles. The van der Waals surface area contributed by atoms with Crippen LogP contribution in [0.1, 0.15) is 15.9 Å². The molecule has 0 bridgehead atoms. The summed E-state index contributed by atoms with van der Waals surface area (Å²) in [5.41, 5.74) is 3.72. The number of carbonyl (C=O) groups excluding carboxylic acids is 1. The van der Waals surface area contributed by atoms with Gasteiger partial charge in [-0.1, -0.05) is 30.3 Å². The molecule has 0 saturated carbocycles. The number of aryl methyl sites for hydroxylation is 2. The lowest BCUT2D eigenvalue weighted by molar-refractivity contribution is 0.102. The van der Waals surface area contributed by atoms with Crippen molar-refractivity contribution in [2.24, 2.45) is 7.05 Å². The maximum Gasteiger partial charge on any atom is 0.266 e. The first kappa shape index (κ1) is 15.7. The summed E-state index contributed by atoms with van der Waals surface area (Å²) >= 11 is 0. The number of benzene rings is 2. The number of hydrogen-bond acceptors (Lipinski definition) is 3. The molecule has 0 atom stereocenters. The SMILES string of the molecule is Cc1ccccc1C(=O)Nc1ccc(-c2ccc(=O)n(C)n2)cc1. The van der Waals surface area contributed by atoms with Gasteiger partial charge in [0.15, 0.2) is 0 Å². The van der Waals surface area contributed by atoms with Gasteiger partial charge in [0.05, 0.1) is 5.69 Å². The number of anilines is 1. The molecule has 1 heterocycles. The lowest BCUT2D eigenvalue weighted by atomic mass is 10.1. The van der Waals surface area contributed by atoms with Gasteiger partial charge in [0, 0.05) is 29.9 Å². The van der Waals surface area contributed by atoms with E-state index in [-0.39, 0.29) is 11.5 Å². The van der Waals surface area contributed by atoms with Crippen molar-refractivity contribution in [2.75, 3.05) is 5.32 Å². The summed E-state index contributed by atoms with van der Waals surface area (Å²) in [4.78, 5) is 23.7. The van der Waals surface area contributed by atoms with Crippen molar-refractivity contribution in [1.82, 2.24) is 9.78 Å². The fraction of sp³-hybridized carbons (Fsp3) is 0.105. The van der Waals surface area contributed by atoms with E-state index in [4.69, 9.17) is 0 Å². The van der Waals surface area contributed by atoms with E-state index in [2.05, 4.69) is 10.4 Å². The first-order valence-corrected chi connectivity index (χ1v) is 7.56. The van der Waals surface area contributed by atoms with Crippen molar-refractivity contribution in [3.05, 3.63) is 82.1 Å². The number of nitrogens with zero attached hydrogens (tertiary/aromatic N) is 2. The van der Waals surface area contributed by atoms with Crippen LogP contribution in [-0.2, 0) is 7.05 Å². The minimum Gasteiger partial charge on any atom is -0.322 e. The average molecular weight is 319 g/mol. The van der Waals surface area contributed by atoms with Gasteiger partial charge in [-0.25, -0.2) is 4.68 Å². The van der Waals surface area contributed by atoms with Crippen LogP contribution in [-0.4, -0.2) is 15.7 Å². The third kappa shape index (κ3) is 3.25. The molecule has 0 spiro atoms. The Morgan fingerprint density at radius 3 is 2.38 bits per heavy atom. The molecule has 1 amide bonds. The lowest BCUT2D eigenvalue weighted by Crippen LogP contribution is -2.18. The zero-order valence-corrected chi connectivity index (χ0v) is 13.5. The fourth-order valence-corrected chi connectivity index (χ4v) is 2.41. The maximum absolute atomic E-state index is 12.3. The summed E-state index contributed by atoms with van der Waals surface area (Å²) in [7, 11) is 1.61. The molecule has 3 rings (SSSR count). The van der Waals surface area contributed by atoms with Crippen LogP contribution in [0.3, 0.4) is 0 Å². The second kappa shape index (κ2) is 6.50. The van der Waals surface area contributed by atoms with Gasteiger partial charge >= 0.3 is 0 Å². The van der Waals surface area contributed by atoms with Gasteiger partial charge in [0.25, 0.3) is 11.5 Å². The number of hydrogen-bond donors (Lipinski definition) is 1. The molecule has 0 unspecified atom stereocenters. The largest absolute Gasteiger partial charge is 0.322 e. The second-order valence-electron chi connectivity index (χ2n) is 5.53. The summed E-state index contributed by atoms with van der Waals surface area (Å²) in [5.74, 6) is -0.138. The highest BCUT2D eigenvalue weighted by Crippen LogP contribution is 2.19. The molecule has 0 saturated heterocycles. The molecule has 0 radical (unpaired) electrons. The van der Waals surface area contributed by atoms with Crippen molar-refractivity contribution in [1.29, 1.82) is 0 Å². The second-order valence-corrected chi connectivity index (χ2v) is 5.53. The van der Waals surface area contributed by atoms with E-state index in [0.717, 1.165) is 11.1 Å². The highest BCUT2D eigenvalue weighted by Gasteiger charge is 2.09. The normalized spacial score (nSPS) is 10.4. The summed E-state index contributed by atoms with van der Waals surface area (Å²) < 4.78 is 1.29. The highest BCUT2D eigenvalue weighted by atomic mass is 16.1. The molecule has 0 aliphatic rings. The molecule has 0 aliphatic heterocycles. The van der Waals surface area contributed by atoms with E-state index < -0.39 is 0 Å². The monoisotopic (exact) mass is 319 g/mol. The van der Waals surface area contributed by atoms with Crippen LogP contribution in [0.25, 0.3) is 11.3 Å². The number of nitrogens with one attached hydrogen (secondary N) is 1. The zero-order valence-electron chi connectivity index (χ0n) is 13.5. The Bertz CT molecular complexity index is 943. The Balaban J connectivity index is 1.80. The first-order chi connectivity index (χ1) is 11.5. The Labute approximate surface area is 139 Å². The molecule has 3 aromatic rings. The Morgan fingerprint density at radius 1 is 1.00 bits per heavy atom. The van der Waals surface area contributed by atoms with Gasteiger partial charge in [-0.15, -0.1) is 0 Å². The van der Waals surface area contributed by atoms with Crippen molar-refractivity contribution in [3.63, 3.8) is 0 Å². The standard InChI is InChI=1S/C19H17N3O2/c1-13-5-3-4-6-16(13)19(24)20-15-9-7-14(8-10-15)17-11-12-18(23)22(2)21-17/h3-12H,1-2H3,(H,20,24). The quantitative estimate of drug-likeness (QED) is 0.807. The molecule has 5 nitrogen and oxygen atoms in total. The van der Waals surface area contributed by atoms with E-state index in [9.17, 15) is 9.59 Å². The molecular weight excluding hydrogens is 302 g/mol. The summed E-state index contributed by atoms with van der Waals surface area (Å²) in [6.45, 7) is 1.91. The smallest absolute Gasteiger partial charge is 0.266 e. The Morgan fingerprint density at radius 2 is 1.71 bits per heavy atom. The average Bonchev–Trinajstić information content (AvgIpc) is 2.58. The van der Waals surface area contributed by atoms with Crippen LogP contribution >= 0.6 is 0 Å². The van der Waals surface area contributed by atoms with Crippen molar-refractivity contribution < 1.29 is 4.79 Å². The number of amides is 1. The zero-order chi connectivity index (χ0) is 17.1. The number of rotatable bonds is 3. The Kier molecular flexibility index (Phi) is 4.24. The summed E-state index contributed by atoms with van der Waals surface area (Å²) in [6.07, 6.45) is 0. The maximum atomic E-state index is 12.3. The van der Waals surface area contributed by atoms with E-state index in [0.29, 0.717) is 16.9 Å². The molecule has 24 heavy (non-hydrogen) atoms. The van der Waals surface area contributed by atoms with Crippen LogP contribution in [0.5, 0.6) is 0 Å². The minimum absolute atomic E-state index is 0.138. The van der Waals surface area contributed by atoms with Crippen molar-refractivity contribution in [3.8, 4) is 11.3 Å². The number of carbonyl (C=O) groups is 1. The van der Waals surface area contributed by atoms with E-state index in [1.807, 2.05) is 49.4 Å². The van der Waals surface area contributed by atoms with Crippen LogP contribution in [0, 0.1) is 6.92 Å². The van der Waals surface area contributed by atoms with Gasteiger partial charge in [-0.05, 0) is 36.8 Å². The van der Waals surface area contributed by atoms with Crippen LogP contribution < -0.4 is 10.9 Å². The molecule has 1 N–H and O–H groups in total. The molecule has 5 heteroatoms. The van der Waals surface area contributed by atoms with E-state index in [1.165, 1.54) is 10.7 Å². The predicted octanol–water partition coefficient (Wildman–Crippen LogP) is 3.01. The van der Waals surface area contributed by atoms with Crippen molar-refractivity contribution >= 4 is 11.6 Å². The summed E-state index contributed by atoms with van der Waals surface area (Å²) in [6, 6.07) is 18.0. The van der Waals surface area contributed by atoms with Gasteiger partial charge in [0.1, 0.15) is 0 Å². The predicted molar refractivity (Wildman–Crippen MR) is 94.0 cm³/mol. The van der Waals surface area contributed by atoms with E-state index in [1.54, 1.807) is 19.2 Å². The lowest BCUT2D eigenvalue weighted by Gasteiger charge is -2.08. The van der Waals surface area contributed by atoms with Crippen LogP contribution in [0.4, 0.5) is 5.69 Å². The first-order valence-electron chi connectivity index (χ1n) is 7.56. The fourth-order valence-electron chi connectivity index (χ4n) is 2.41. The minimum atomic E-state index is -0.152. The molecule has 2 aromatic carbocycles. The highest BCUT2D eigenvalue weighted by molar-refractivity contribution is 6.05. The molecule has 120 valence electrons. The van der Waals surface area contributed by atoms with Gasteiger partial charge in [-0.2, -0.15) is 5.10 Å².